The van der Waals surface area contributed by atoms with Crippen LogP contribution in [0.3, 0.4) is 0 Å². The smallest absolute Gasteiger partial charge is 0.325 e. The zero-order chi connectivity index (χ0) is 14.6. The van der Waals surface area contributed by atoms with Crippen molar-refractivity contribution in [1.82, 2.24) is 14.9 Å². The van der Waals surface area contributed by atoms with Crippen LogP contribution in [0.15, 0.2) is 15.8 Å². The maximum absolute atomic E-state index is 12.1. The molecule has 104 valence electrons. The van der Waals surface area contributed by atoms with E-state index < -0.39 is 29.0 Å². The van der Waals surface area contributed by atoms with E-state index in [1.807, 2.05) is 4.98 Å². The number of aromatic nitrogens is 2. The van der Waals surface area contributed by atoms with Gasteiger partial charge in [0.15, 0.2) is 0 Å². The van der Waals surface area contributed by atoms with Gasteiger partial charge in [-0.3, -0.25) is 19.4 Å². The van der Waals surface area contributed by atoms with Gasteiger partial charge in [-0.15, -0.1) is 0 Å². The Kier molecular flexibility index (Phi) is 4.62. The summed E-state index contributed by atoms with van der Waals surface area (Å²) in [7, 11) is 0. The number of carbonyl (C=O) groups is 2. The molecule has 0 aliphatic carbocycles. The highest BCUT2D eigenvalue weighted by molar-refractivity contribution is 5.93. The second-order valence-corrected chi connectivity index (χ2v) is 4.07. The average molecular weight is 269 g/mol. The number of hydrogen-bond acceptors (Lipinski definition) is 4. The Morgan fingerprint density at radius 1 is 1.42 bits per heavy atom. The normalized spacial score (nSPS) is 11.9. The molecule has 19 heavy (non-hydrogen) atoms. The number of rotatable bonds is 5. The molecule has 0 aliphatic rings. The second kappa shape index (κ2) is 5.98. The zero-order valence-electron chi connectivity index (χ0n) is 10.6. The Labute approximate surface area is 108 Å². The van der Waals surface area contributed by atoms with Crippen LogP contribution in [0.2, 0.25) is 0 Å². The van der Waals surface area contributed by atoms with Crippen molar-refractivity contribution >= 4 is 11.9 Å². The summed E-state index contributed by atoms with van der Waals surface area (Å²) in [6, 6.07) is 0. The van der Waals surface area contributed by atoms with Gasteiger partial charge in [-0.2, -0.15) is 0 Å². The first kappa shape index (κ1) is 14.7. The standard InChI is InChI=1S/C11H15N3O5/c1-3-14(5-6(2)10(17)18)9(16)7-4-12-11(19)13-8(7)15/h4,6H,3,5H2,1-2H3,(H,17,18)(H2,12,13,15,19). The van der Waals surface area contributed by atoms with Crippen molar-refractivity contribution < 1.29 is 14.7 Å². The number of aliphatic carboxylic acids is 1. The molecule has 3 N–H and O–H groups in total. The first-order valence-electron chi connectivity index (χ1n) is 5.70. The van der Waals surface area contributed by atoms with Crippen LogP contribution in [0.1, 0.15) is 24.2 Å². The number of amides is 1. The van der Waals surface area contributed by atoms with E-state index >= 15 is 0 Å². The van der Waals surface area contributed by atoms with Crippen LogP contribution in [0.4, 0.5) is 0 Å². The van der Waals surface area contributed by atoms with Crippen molar-refractivity contribution in [1.29, 1.82) is 0 Å². The molecule has 0 aromatic carbocycles. The highest BCUT2D eigenvalue weighted by Crippen LogP contribution is 2.04. The number of carbonyl (C=O) groups excluding carboxylic acids is 1. The summed E-state index contributed by atoms with van der Waals surface area (Å²) in [5, 5.41) is 8.82. The summed E-state index contributed by atoms with van der Waals surface area (Å²) in [5.74, 6) is -2.39. The van der Waals surface area contributed by atoms with Gasteiger partial charge in [-0.1, -0.05) is 6.92 Å². The minimum Gasteiger partial charge on any atom is -0.481 e. The minimum absolute atomic E-state index is 0.0107. The second-order valence-electron chi connectivity index (χ2n) is 4.07. The van der Waals surface area contributed by atoms with Gasteiger partial charge in [0.2, 0.25) is 0 Å². The van der Waals surface area contributed by atoms with E-state index in [0.717, 1.165) is 6.20 Å². The lowest BCUT2D eigenvalue weighted by Gasteiger charge is -2.22. The number of hydrogen-bond donors (Lipinski definition) is 3. The molecule has 0 radical (unpaired) electrons. The van der Waals surface area contributed by atoms with E-state index in [1.54, 1.807) is 6.92 Å². The number of carboxylic acid groups (broad SMARTS) is 1. The molecular formula is C11H15N3O5. The average Bonchev–Trinajstić information content (AvgIpc) is 2.34. The van der Waals surface area contributed by atoms with Gasteiger partial charge in [-0.05, 0) is 6.92 Å². The third-order valence-corrected chi connectivity index (χ3v) is 2.63. The van der Waals surface area contributed by atoms with Gasteiger partial charge in [0, 0.05) is 19.3 Å². The third-order valence-electron chi connectivity index (χ3n) is 2.63. The van der Waals surface area contributed by atoms with E-state index in [-0.39, 0.29) is 18.7 Å². The molecule has 1 heterocycles. The van der Waals surface area contributed by atoms with Crippen LogP contribution in [-0.2, 0) is 4.79 Å². The van der Waals surface area contributed by atoms with E-state index in [9.17, 15) is 19.2 Å². The summed E-state index contributed by atoms with van der Waals surface area (Å²) in [6.45, 7) is 3.39. The summed E-state index contributed by atoms with van der Waals surface area (Å²) in [5.41, 5.74) is -1.72. The Morgan fingerprint density at radius 3 is 2.53 bits per heavy atom. The van der Waals surface area contributed by atoms with Crippen LogP contribution in [0.25, 0.3) is 0 Å². The monoisotopic (exact) mass is 269 g/mol. The predicted octanol–water partition coefficient (Wildman–Crippen LogP) is -0.754. The molecule has 0 saturated heterocycles. The van der Waals surface area contributed by atoms with Crippen LogP contribution >= 0.6 is 0 Å². The molecule has 0 saturated carbocycles. The van der Waals surface area contributed by atoms with Gasteiger partial charge in [0.05, 0.1) is 5.92 Å². The largest absolute Gasteiger partial charge is 0.481 e. The molecule has 0 bridgehead atoms. The summed E-state index contributed by atoms with van der Waals surface area (Å²) >= 11 is 0. The lowest BCUT2D eigenvalue weighted by atomic mass is 10.1. The van der Waals surface area contributed by atoms with Gasteiger partial charge in [0.1, 0.15) is 5.56 Å². The van der Waals surface area contributed by atoms with Crippen LogP contribution < -0.4 is 11.2 Å². The molecule has 1 amide bonds. The number of nitrogens with zero attached hydrogens (tertiary/aromatic N) is 1. The Bertz CT molecular complexity index is 588. The summed E-state index contributed by atoms with van der Waals surface area (Å²) in [4.78, 5) is 50.5. The molecule has 1 atom stereocenters. The van der Waals surface area contributed by atoms with E-state index in [1.165, 1.54) is 11.8 Å². The maximum atomic E-state index is 12.1. The molecule has 0 fully saturated rings. The molecule has 0 aliphatic heterocycles. The fourth-order valence-electron chi connectivity index (χ4n) is 1.50. The van der Waals surface area contributed by atoms with Crippen molar-refractivity contribution in [3.63, 3.8) is 0 Å². The van der Waals surface area contributed by atoms with Crippen molar-refractivity contribution in [2.24, 2.45) is 5.92 Å². The highest BCUT2D eigenvalue weighted by atomic mass is 16.4. The first-order chi connectivity index (χ1) is 8.86. The Balaban J connectivity index is 2.99. The summed E-state index contributed by atoms with van der Waals surface area (Å²) in [6.07, 6.45) is 1.03. The minimum atomic E-state index is -1.03. The third kappa shape index (κ3) is 3.54. The maximum Gasteiger partial charge on any atom is 0.325 e. The van der Waals surface area contributed by atoms with Crippen molar-refractivity contribution in [2.45, 2.75) is 13.8 Å². The predicted molar refractivity (Wildman–Crippen MR) is 66.1 cm³/mol. The van der Waals surface area contributed by atoms with Crippen molar-refractivity contribution in [3.8, 4) is 0 Å². The molecule has 0 spiro atoms. The van der Waals surface area contributed by atoms with E-state index in [4.69, 9.17) is 5.11 Å². The lowest BCUT2D eigenvalue weighted by Crippen LogP contribution is -2.40. The number of aromatic amines is 2. The molecule has 8 heteroatoms. The van der Waals surface area contributed by atoms with Gasteiger partial charge >= 0.3 is 11.7 Å². The SMILES string of the molecule is CCN(CC(C)C(=O)O)C(=O)c1c[nH]c(=O)[nH]c1=O. The Morgan fingerprint density at radius 2 is 2.05 bits per heavy atom. The fourth-order valence-corrected chi connectivity index (χ4v) is 1.50. The number of carboxylic acids is 1. The highest BCUT2D eigenvalue weighted by Gasteiger charge is 2.22. The van der Waals surface area contributed by atoms with Gasteiger partial charge in [0.25, 0.3) is 11.5 Å². The molecule has 1 aromatic heterocycles. The van der Waals surface area contributed by atoms with Crippen molar-refractivity contribution in [3.05, 3.63) is 32.6 Å². The summed E-state index contributed by atoms with van der Waals surface area (Å²) < 4.78 is 0. The molecule has 8 nitrogen and oxygen atoms in total. The van der Waals surface area contributed by atoms with Gasteiger partial charge < -0.3 is 15.0 Å². The van der Waals surface area contributed by atoms with E-state index in [2.05, 4.69) is 4.98 Å². The van der Waals surface area contributed by atoms with E-state index in [0.29, 0.717) is 0 Å². The lowest BCUT2D eigenvalue weighted by molar-refractivity contribution is -0.141. The quantitative estimate of drug-likeness (QED) is 0.648. The van der Waals surface area contributed by atoms with Crippen LogP contribution in [0, 0.1) is 5.92 Å². The first-order valence-corrected chi connectivity index (χ1v) is 5.70. The molecule has 1 rings (SSSR count). The molecular weight excluding hydrogens is 254 g/mol. The molecule has 1 aromatic rings. The van der Waals surface area contributed by atoms with Gasteiger partial charge in [-0.25, -0.2) is 4.79 Å². The van der Waals surface area contributed by atoms with Crippen LogP contribution in [-0.4, -0.2) is 44.9 Å². The topological polar surface area (TPSA) is 123 Å². The molecule has 1 unspecified atom stereocenters. The Hall–Kier alpha value is -2.38. The van der Waals surface area contributed by atoms with Crippen LogP contribution in [0.5, 0.6) is 0 Å². The zero-order valence-corrected chi connectivity index (χ0v) is 10.6. The van der Waals surface area contributed by atoms with Crippen molar-refractivity contribution in [2.75, 3.05) is 13.1 Å². The fraction of sp³-hybridized carbons (Fsp3) is 0.455. The number of nitrogens with one attached hydrogen (secondary N) is 2. The number of H-pyrrole nitrogens is 2.